The molecule has 0 spiro atoms. The van der Waals surface area contributed by atoms with Crippen LogP contribution in [0.15, 0.2) is 71.2 Å². The highest BCUT2D eigenvalue weighted by Gasteiger charge is 2.28. The van der Waals surface area contributed by atoms with E-state index in [1.54, 1.807) is 19.9 Å². The van der Waals surface area contributed by atoms with Crippen molar-refractivity contribution in [3.8, 4) is 0 Å². The highest BCUT2D eigenvalue weighted by Crippen LogP contribution is 2.22. The second-order valence-corrected chi connectivity index (χ2v) is 14.2. The Labute approximate surface area is 290 Å². The van der Waals surface area contributed by atoms with E-state index in [4.69, 9.17) is 9.47 Å². The molecule has 47 heavy (non-hydrogen) atoms. The van der Waals surface area contributed by atoms with Crippen LogP contribution in [0.2, 0.25) is 0 Å². The number of thioether (sulfide) groups is 1. The molecule has 9 heteroatoms. The van der Waals surface area contributed by atoms with Gasteiger partial charge in [-0.3, -0.25) is 9.98 Å². The number of aliphatic imine (C=N–C) groups is 2. The summed E-state index contributed by atoms with van der Waals surface area (Å²) in [7, 11) is 0. The Balaban J connectivity index is 0.000000673. The Bertz CT molecular complexity index is 1160. The van der Waals surface area contributed by atoms with Crippen molar-refractivity contribution in [1.29, 1.82) is 0 Å². The number of nitrogens with zero attached hydrogens (tertiary/aromatic N) is 4. The molecule has 0 bridgehead atoms. The zero-order valence-corrected chi connectivity index (χ0v) is 31.8. The van der Waals surface area contributed by atoms with Gasteiger partial charge in [0.1, 0.15) is 24.9 Å². The fourth-order valence-corrected chi connectivity index (χ4v) is 4.39. The molecule has 0 radical (unpaired) electrons. The van der Waals surface area contributed by atoms with Crippen molar-refractivity contribution in [2.45, 2.75) is 68.7 Å². The van der Waals surface area contributed by atoms with E-state index >= 15 is 0 Å². The van der Waals surface area contributed by atoms with Gasteiger partial charge < -0.3 is 19.3 Å². The van der Waals surface area contributed by atoms with Gasteiger partial charge >= 0.3 is 11.9 Å². The third kappa shape index (κ3) is 19.8. The van der Waals surface area contributed by atoms with E-state index in [0.29, 0.717) is 25.3 Å². The molecule has 2 heterocycles. The molecular formula is C38H62N4O4S. The number of carbonyl (C=O) groups is 2. The van der Waals surface area contributed by atoms with Gasteiger partial charge in [-0.05, 0) is 37.8 Å². The zero-order valence-electron chi connectivity index (χ0n) is 30.9. The first-order valence-electron chi connectivity index (χ1n) is 16.5. The predicted octanol–water partition coefficient (Wildman–Crippen LogP) is 7.82. The predicted molar refractivity (Wildman–Crippen MR) is 203 cm³/mol. The summed E-state index contributed by atoms with van der Waals surface area (Å²) >= 11 is 1.86. The zero-order chi connectivity index (χ0) is 35.9. The van der Waals surface area contributed by atoms with Crippen molar-refractivity contribution >= 4 is 41.4 Å². The maximum absolute atomic E-state index is 11.2. The summed E-state index contributed by atoms with van der Waals surface area (Å²) < 4.78 is 10.2. The van der Waals surface area contributed by atoms with E-state index in [9.17, 15) is 9.59 Å². The Morgan fingerprint density at radius 1 is 0.915 bits per heavy atom. The number of ether oxygens (including phenoxy) is 2. The molecule has 1 aromatic rings. The summed E-state index contributed by atoms with van der Waals surface area (Å²) in [6, 6.07) is 10.0. The second-order valence-electron chi connectivity index (χ2n) is 13.0. The quantitative estimate of drug-likeness (QED) is 0.185. The average Bonchev–Trinajstić information content (AvgIpc) is 3.51. The number of benzene rings is 1. The van der Waals surface area contributed by atoms with Crippen LogP contribution in [-0.4, -0.2) is 97.9 Å². The molecule has 8 nitrogen and oxygen atoms in total. The minimum atomic E-state index is -0.321. The molecule has 0 saturated carbocycles. The van der Waals surface area contributed by atoms with E-state index in [2.05, 4.69) is 87.7 Å². The second kappa shape index (κ2) is 23.9. The van der Waals surface area contributed by atoms with Crippen LogP contribution in [0.5, 0.6) is 0 Å². The Morgan fingerprint density at radius 2 is 1.43 bits per heavy atom. The van der Waals surface area contributed by atoms with Crippen LogP contribution >= 0.6 is 11.8 Å². The number of allylic oxidation sites excluding steroid dienone is 1. The molecule has 2 aliphatic heterocycles. The van der Waals surface area contributed by atoms with Crippen LogP contribution in [0, 0.1) is 10.8 Å². The molecule has 1 aromatic carbocycles. The lowest BCUT2D eigenvalue weighted by molar-refractivity contribution is -0.139. The van der Waals surface area contributed by atoms with Crippen LogP contribution in [0.4, 0.5) is 0 Å². The van der Waals surface area contributed by atoms with Gasteiger partial charge in [0.05, 0.1) is 19.6 Å². The van der Waals surface area contributed by atoms with Gasteiger partial charge in [-0.2, -0.15) is 11.8 Å². The average molecular weight is 671 g/mol. The molecule has 0 aliphatic carbocycles. The molecule has 264 valence electrons. The van der Waals surface area contributed by atoms with Crippen molar-refractivity contribution in [2.75, 3.05) is 64.5 Å². The SMILES string of the molecule is C/C=C/C(=O)OCCN1CCCN=C1C(C)(C)C.C=C(C)C(=O)OCCN1CCN=C1C(C)(C)C.C=Cc1ccccc1.CCSC. The van der Waals surface area contributed by atoms with E-state index < -0.39 is 0 Å². The smallest absolute Gasteiger partial charge is 0.333 e. The Morgan fingerprint density at radius 3 is 1.87 bits per heavy atom. The van der Waals surface area contributed by atoms with E-state index in [1.807, 2.05) is 48.2 Å². The first-order chi connectivity index (χ1) is 22.1. The lowest BCUT2D eigenvalue weighted by Crippen LogP contribution is -2.44. The van der Waals surface area contributed by atoms with E-state index in [-0.39, 0.29) is 22.8 Å². The third-order valence-corrected chi connectivity index (χ3v) is 7.17. The number of hydrogen-bond acceptors (Lipinski definition) is 9. The van der Waals surface area contributed by atoms with Crippen molar-refractivity contribution in [3.63, 3.8) is 0 Å². The van der Waals surface area contributed by atoms with Gasteiger partial charge in [0.25, 0.3) is 0 Å². The first-order valence-corrected chi connectivity index (χ1v) is 17.9. The van der Waals surface area contributed by atoms with Gasteiger partial charge in [-0.15, -0.1) is 0 Å². The molecule has 0 saturated heterocycles. The fraction of sp³-hybridized carbons (Fsp3) is 0.579. The van der Waals surface area contributed by atoms with Gasteiger partial charge in [-0.1, -0.05) is 104 Å². The number of hydrogen-bond donors (Lipinski definition) is 0. The molecule has 0 unspecified atom stereocenters. The lowest BCUT2D eigenvalue weighted by atomic mass is 9.93. The number of rotatable bonds is 10. The monoisotopic (exact) mass is 670 g/mol. The molecule has 0 aromatic heterocycles. The lowest BCUT2D eigenvalue weighted by Gasteiger charge is -2.36. The topological polar surface area (TPSA) is 83.8 Å². The molecule has 0 fully saturated rings. The number of amidine groups is 2. The van der Waals surface area contributed by atoms with Gasteiger partial charge in [0.2, 0.25) is 0 Å². The van der Waals surface area contributed by atoms with Crippen LogP contribution < -0.4 is 0 Å². The summed E-state index contributed by atoms with van der Waals surface area (Å²) in [4.78, 5) is 36.0. The van der Waals surface area contributed by atoms with Crippen LogP contribution in [0.25, 0.3) is 6.08 Å². The van der Waals surface area contributed by atoms with E-state index in [1.165, 1.54) is 17.4 Å². The first kappa shape index (κ1) is 43.7. The van der Waals surface area contributed by atoms with Gasteiger partial charge in [-0.25, -0.2) is 9.59 Å². The summed E-state index contributed by atoms with van der Waals surface area (Å²) in [5, 5.41) is 0. The normalized spacial score (nSPS) is 14.3. The van der Waals surface area contributed by atoms with Crippen LogP contribution in [0.3, 0.4) is 0 Å². The fourth-order valence-electron chi connectivity index (χ4n) is 4.39. The summed E-state index contributed by atoms with van der Waals surface area (Å²) in [5.41, 5.74) is 1.71. The summed E-state index contributed by atoms with van der Waals surface area (Å²) in [6.07, 6.45) is 8.13. The van der Waals surface area contributed by atoms with Gasteiger partial charge in [0, 0.05) is 42.1 Å². The maximum atomic E-state index is 11.2. The summed E-state index contributed by atoms with van der Waals surface area (Å²) in [6.45, 7) is 31.6. The standard InChI is InChI=1S/C14H24N2O2.C13H22N2O2.C8H8.C3H8S/c1-5-7-12(17)18-11-10-16-9-6-8-15-13(16)14(2,3)4;1-10(2)11(16)17-9-8-15-7-6-14-12(15)13(3,4)5;1-2-8-6-4-3-5-7-8;1-3-4-2/h5,7H,6,8-11H2,1-4H3;1,6-9H2,2-5H3;2-7H,1H2;3H2,1-2H3/b7-5+;;;. The van der Waals surface area contributed by atoms with Crippen LogP contribution in [0.1, 0.15) is 74.3 Å². The van der Waals surface area contributed by atoms with E-state index in [0.717, 1.165) is 50.8 Å². The third-order valence-electron chi connectivity index (χ3n) is 6.59. The molecule has 2 aliphatic rings. The molecule has 0 atom stereocenters. The number of esters is 2. The number of carbonyl (C=O) groups excluding carboxylic acids is 2. The van der Waals surface area contributed by atoms with Crippen molar-refractivity contribution in [3.05, 3.63) is 66.8 Å². The highest BCUT2D eigenvalue weighted by atomic mass is 32.2. The molecule has 0 N–H and O–H groups in total. The molecule has 3 rings (SSSR count). The largest absolute Gasteiger partial charge is 0.461 e. The Kier molecular flexibility index (Phi) is 22.2. The van der Waals surface area contributed by atoms with Crippen molar-refractivity contribution < 1.29 is 19.1 Å². The Hall–Kier alpha value is -3.33. The van der Waals surface area contributed by atoms with Gasteiger partial charge in [0.15, 0.2) is 0 Å². The maximum Gasteiger partial charge on any atom is 0.333 e. The minimum absolute atomic E-state index is 0.0494. The molecular weight excluding hydrogens is 609 g/mol. The minimum Gasteiger partial charge on any atom is -0.461 e. The van der Waals surface area contributed by atoms with Crippen LogP contribution in [-0.2, 0) is 19.1 Å². The van der Waals surface area contributed by atoms with Crippen molar-refractivity contribution in [1.82, 2.24) is 9.80 Å². The van der Waals surface area contributed by atoms with Crippen molar-refractivity contribution in [2.24, 2.45) is 20.8 Å². The molecule has 0 amide bonds. The highest BCUT2D eigenvalue weighted by molar-refractivity contribution is 7.98. The summed E-state index contributed by atoms with van der Waals surface area (Å²) in [5.74, 6) is 2.86.